The predicted molar refractivity (Wildman–Crippen MR) is 79.8 cm³/mol. The minimum Gasteiger partial charge on any atom is -0.477 e. The molecule has 1 aromatic rings. The third-order valence-electron chi connectivity index (χ3n) is 3.52. The van der Waals surface area contributed by atoms with Crippen LogP contribution >= 0.6 is 0 Å². The molecule has 1 aromatic heterocycles. The van der Waals surface area contributed by atoms with Gasteiger partial charge in [-0.3, -0.25) is 0 Å². The van der Waals surface area contributed by atoms with E-state index in [1.807, 2.05) is 6.92 Å². The molecule has 7 heteroatoms. The number of aromatic amines is 1. The Hall–Kier alpha value is -2.02. The Labute approximate surface area is 123 Å². The monoisotopic (exact) mass is 294 g/mol. The fraction of sp³-hybridized carbons (Fsp3) is 0.571. The van der Waals surface area contributed by atoms with Crippen LogP contribution in [0.15, 0.2) is 6.07 Å². The minimum atomic E-state index is -1.09. The minimum absolute atomic E-state index is 0.00477. The number of aryl methyl sites for hydroxylation is 1. The third-order valence-corrected chi connectivity index (χ3v) is 3.52. The number of amides is 2. The van der Waals surface area contributed by atoms with Gasteiger partial charge in [-0.25, -0.2) is 9.59 Å². The fourth-order valence-corrected chi connectivity index (χ4v) is 2.64. The summed E-state index contributed by atoms with van der Waals surface area (Å²) in [5.74, 6) is -1.09. The van der Waals surface area contributed by atoms with Crippen molar-refractivity contribution in [2.45, 2.75) is 32.7 Å². The fourth-order valence-electron chi connectivity index (χ4n) is 2.64. The number of nitrogens with zero attached hydrogens (tertiary/aromatic N) is 1. The second-order valence-corrected chi connectivity index (χ2v) is 5.55. The van der Waals surface area contributed by atoms with Crippen LogP contribution < -0.4 is 10.6 Å². The zero-order chi connectivity index (χ0) is 15.4. The number of nitrogens with one attached hydrogen (secondary N) is 3. The molecular weight excluding hydrogens is 272 g/mol. The molecule has 4 N–H and O–H groups in total. The van der Waals surface area contributed by atoms with E-state index in [2.05, 4.69) is 20.5 Å². The lowest BCUT2D eigenvalue weighted by Gasteiger charge is -2.21. The van der Waals surface area contributed by atoms with Crippen molar-refractivity contribution in [2.24, 2.45) is 0 Å². The van der Waals surface area contributed by atoms with Gasteiger partial charge in [-0.1, -0.05) is 0 Å². The van der Waals surface area contributed by atoms with Crippen molar-refractivity contribution in [3.05, 3.63) is 17.5 Å². The van der Waals surface area contributed by atoms with Crippen LogP contribution in [0.3, 0.4) is 0 Å². The van der Waals surface area contributed by atoms with Crippen molar-refractivity contribution in [1.82, 2.24) is 15.2 Å². The molecule has 1 fully saturated rings. The quantitative estimate of drug-likeness (QED) is 0.663. The maximum absolute atomic E-state index is 11.9. The highest BCUT2D eigenvalue weighted by molar-refractivity contribution is 5.99. The van der Waals surface area contributed by atoms with Crippen LogP contribution in [-0.2, 0) is 0 Å². The summed E-state index contributed by atoms with van der Waals surface area (Å²) in [4.78, 5) is 28.0. The lowest BCUT2D eigenvalue weighted by atomic mass is 10.3. The number of H-pyrrole nitrogens is 1. The van der Waals surface area contributed by atoms with Crippen LogP contribution in [0.4, 0.5) is 10.5 Å². The number of hydrogen-bond acceptors (Lipinski definition) is 3. The van der Waals surface area contributed by atoms with Crippen molar-refractivity contribution in [3.63, 3.8) is 0 Å². The highest BCUT2D eigenvalue weighted by Crippen LogP contribution is 2.16. The number of carbonyl (C=O) groups excluding carboxylic acids is 1. The molecule has 1 saturated heterocycles. The topological polar surface area (TPSA) is 97.5 Å². The van der Waals surface area contributed by atoms with Gasteiger partial charge in [-0.05, 0) is 45.8 Å². The van der Waals surface area contributed by atoms with Crippen molar-refractivity contribution in [1.29, 1.82) is 0 Å². The van der Waals surface area contributed by atoms with Crippen LogP contribution in [-0.4, -0.2) is 52.7 Å². The van der Waals surface area contributed by atoms with Gasteiger partial charge in [-0.15, -0.1) is 0 Å². The van der Waals surface area contributed by atoms with E-state index in [9.17, 15) is 9.59 Å². The molecule has 1 aliphatic heterocycles. The number of aromatic carboxylic acids is 1. The molecule has 0 radical (unpaired) electrons. The van der Waals surface area contributed by atoms with Gasteiger partial charge >= 0.3 is 12.0 Å². The summed E-state index contributed by atoms with van der Waals surface area (Å²) in [5.41, 5.74) is 0.966. The Morgan fingerprint density at radius 1 is 1.43 bits per heavy atom. The largest absolute Gasteiger partial charge is 0.477 e. The molecule has 2 rings (SSSR count). The number of rotatable bonds is 5. The zero-order valence-electron chi connectivity index (χ0n) is 12.4. The molecule has 1 atom stereocenters. The number of carboxylic acids is 1. The van der Waals surface area contributed by atoms with Crippen LogP contribution in [0.1, 0.15) is 35.9 Å². The number of carbonyl (C=O) groups is 2. The molecule has 21 heavy (non-hydrogen) atoms. The Bertz CT molecular complexity index is 520. The van der Waals surface area contributed by atoms with E-state index in [-0.39, 0.29) is 23.5 Å². The third kappa shape index (κ3) is 4.22. The van der Waals surface area contributed by atoms with E-state index in [1.54, 1.807) is 13.0 Å². The summed E-state index contributed by atoms with van der Waals surface area (Å²) in [6.07, 6.45) is 2.42. The number of hydrogen-bond donors (Lipinski definition) is 4. The van der Waals surface area contributed by atoms with Gasteiger partial charge in [-0.2, -0.15) is 0 Å². The maximum atomic E-state index is 11.9. The average molecular weight is 294 g/mol. The smallest absolute Gasteiger partial charge is 0.354 e. The van der Waals surface area contributed by atoms with Gasteiger partial charge in [0.2, 0.25) is 0 Å². The molecule has 0 spiro atoms. The highest BCUT2D eigenvalue weighted by atomic mass is 16.4. The first kappa shape index (κ1) is 15.4. The van der Waals surface area contributed by atoms with Gasteiger partial charge in [0.1, 0.15) is 5.69 Å². The first-order chi connectivity index (χ1) is 9.95. The SMILES string of the molecule is Cc1cc(NC(=O)NC(C)CN2CCCC2)c(C(=O)O)[nH]1. The molecule has 0 bridgehead atoms. The molecular formula is C14H22N4O3. The predicted octanol–water partition coefficient (Wildman–Crippen LogP) is 1.63. The summed E-state index contributed by atoms with van der Waals surface area (Å²) in [6.45, 7) is 6.65. The lowest BCUT2D eigenvalue weighted by Crippen LogP contribution is -2.43. The Morgan fingerprint density at radius 3 is 2.71 bits per heavy atom. The Morgan fingerprint density at radius 2 is 2.10 bits per heavy atom. The van der Waals surface area contributed by atoms with E-state index in [4.69, 9.17) is 5.11 Å². The van der Waals surface area contributed by atoms with Crippen molar-refractivity contribution >= 4 is 17.7 Å². The zero-order valence-corrected chi connectivity index (χ0v) is 12.4. The normalized spacial score (nSPS) is 16.7. The van der Waals surface area contributed by atoms with Crippen LogP contribution in [0.25, 0.3) is 0 Å². The van der Waals surface area contributed by atoms with Crippen molar-refractivity contribution < 1.29 is 14.7 Å². The molecule has 1 aliphatic rings. The van der Waals surface area contributed by atoms with Gasteiger partial charge in [0, 0.05) is 18.3 Å². The molecule has 7 nitrogen and oxygen atoms in total. The van der Waals surface area contributed by atoms with Crippen LogP contribution in [0, 0.1) is 6.92 Å². The number of likely N-dealkylation sites (tertiary alicyclic amines) is 1. The van der Waals surface area contributed by atoms with Crippen LogP contribution in [0.5, 0.6) is 0 Å². The number of carboxylic acid groups (broad SMARTS) is 1. The van der Waals surface area contributed by atoms with Crippen molar-refractivity contribution in [3.8, 4) is 0 Å². The number of anilines is 1. The van der Waals surface area contributed by atoms with Gasteiger partial charge < -0.3 is 25.6 Å². The molecule has 2 amide bonds. The Kier molecular flexibility index (Phi) is 4.85. The van der Waals surface area contributed by atoms with Gasteiger partial charge in [0.25, 0.3) is 0 Å². The van der Waals surface area contributed by atoms with E-state index in [0.717, 1.165) is 19.6 Å². The maximum Gasteiger partial charge on any atom is 0.354 e. The summed E-state index contributed by atoms with van der Waals surface area (Å²) < 4.78 is 0. The molecule has 1 unspecified atom stereocenters. The van der Waals surface area contributed by atoms with Gasteiger partial charge in [0.15, 0.2) is 0 Å². The second kappa shape index (κ2) is 6.62. The highest BCUT2D eigenvalue weighted by Gasteiger charge is 2.18. The average Bonchev–Trinajstić information content (AvgIpc) is 2.98. The van der Waals surface area contributed by atoms with E-state index in [1.165, 1.54) is 12.8 Å². The summed E-state index contributed by atoms with van der Waals surface area (Å²) in [5, 5.41) is 14.5. The summed E-state index contributed by atoms with van der Waals surface area (Å²) in [7, 11) is 0. The summed E-state index contributed by atoms with van der Waals surface area (Å²) in [6, 6.07) is 1.23. The van der Waals surface area contributed by atoms with E-state index < -0.39 is 5.97 Å². The molecule has 0 saturated carbocycles. The molecule has 0 aliphatic carbocycles. The second-order valence-electron chi connectivity index (χ2n) is 5.55. The first-order valence-corrected chi connectivity index (χ1v) is 7.18. The molecule has 2 heterocycles. The van der Waals surface area contributed by atoms with Gasteiger partial charge in [0.05, 0.1) is 5.69 Å². The Balaban J connectivity index is 1.87. The number of urea groups is 1. The standard InChI is InChI=1S/C14H22N4O3/c1-9-7-11(12(15-9)13(19)20)17-14(21)16-10(2)8-18-5-3-4-6-18/h7,10,15H,3-6,8H2,1-2H3,(H,19,20)(H2,16,17,21). The summed E-state index contributed by atoms with van der Waals surface area (Å²) >= 11 is 0. The van der Waals surface area contributed by atoms with E-state index >= 15 is 0 Å². The first-order valence-electron chi connectivity index (χ1n) is 7.18. The van der Waals surface area contributed by atoms with E-state index in [0.29, 0.717) is 5.69 Å². The number of aromatic nitrogens is 1. The molecule has 0 aromatic carbocycles. The molecule has 116 valence electrons. The van der Waals surface area contributed by atoms with Crippen molar-refractivity contribution in [2.75, 3.05) is 25.0 Å². The lowest BCUT2D eigenvalue weighted by molar-refractivity contribution is 0.0692. The van der Waals surface area contributed by atoms with Crippen LogP contribution in [0.2, 0.25) is 0 Å².